The highest BCUT2D eigenvalue weighted by Gasteiger charge is 2.07. The quantitative estimate of drug-likeness (QED) is 0.724. The van der Waals surface area contributed by atoms with Crippen molar-refractivity contribution < 1.29 is 0 Å². The third-order valence-electron chi connectivity index (χ3n) is 3.34. The van der Waals surface area contributed by atoms with Crippen molar-refractivity contribution in [1.82, 2.24) is 0 Å². The van der Waals surface area contributed by atoms with Gasteiger partial charge in [-0.2, -0.15) is 0 Å². The predicted molar refractivity (Wildman–Crippen MR) is 75.2 cm³/mol. The second-order valence-electron chi connectivity index (χ2n) is 4.84. The fourth-order valence-electron chi connectivity index (χ4n) is 2.15. The molecule has 88 valence electrons. The summed E-state index contributed by atoms with van der Waals surface area (Å²) in [7, 11) is 0. The molecule has 0 fully saturated rings. The summed E-state index contributed by atoms with van der Waals surface area (Å²) in [6.07, 6.45) is 0. The molecule has 0 saturated carbocycles. The van der Waals surface area contributed by atoms with Gasteiger partial charge in [-0.05, 0) is 62.1 Å². The number of hydrogen-bond donors (Lipinski definition) is 1. The molecule has 2 aromatic carbocycles. The molecule has 2 rings (SSSR count). The summed E-state index contributed by atoms with van der Waals surface area (Å²) in [5.74, 6) is 0. The molecule has 0 unspecified atom stereocenters. The van der Waals surface area contributed by atoms with E-state index in [-0.39, 0.29) is 0 Å². The van der Waals surface area contributed by atoms with Crippen molar-refractivity contribution in [1.29, 1.82) is 0 Å². The minimum absolute atomic E-state index is 0.849. The second kappa shape index (κ2) is 4.25. The molecular weight excluding hydrogens is 206 g/mol. The number of aryl methyl sites for hydroxylation is 4. The Kier molecular flexibility index (Phi) is 2.93. The monoisotopic (exact) mass is 225 g/mol. The highest BCUT2D eigenvalue weighted by molar-refractivity contribution is 5.79. The smallest absolute Gasteiger partial charge is 0.0394 e. The summed E-state index contributed by atoms with van der Waals surface area (Å²) >= 11 is 0. The van der Waals surface area contributed by atoms with Gasteiger partial charge in [0.1, 0.15) is 0 Å². The van der Waals surface area contributed by atoms with Crippen LogP contribution in [-0.2, 0) is 0 Å². The molecule has 1 nitrogen and oxygen atoms in total. The van der Waals surface area contributed by atoms with E-state index in [1.165, 1.54) is 27.8 Å². The summed E-state index contributed by atoms with van der Waals surface area (Å²) in [4.78, 5) is 0. The Morgan fingerprint density at radius 3 is 2.06 bits per heavy atom. The molecule has 0 aliphatic carbocycles. The van der Waals surface area contributed by atoms with Crippen molar-refractivity contribution in [2.24, 2.45) is 0 Å². The first-order chi connectivity index (χ1) is 7.99. The normalized spacial score (nSPS) is 10.6. The molecule has 1 heteroatoms. The minimum atomic E-state index is 0.849. The van der Waals surface area contributed by atoms with Gasteiger partial charge >= 0.3 is 0 Å². The van der Waals surface area contributed by atoms with E-state index in [1.54, 1.807) is 0 Å². The van der Waals surface area contributed by atoms with Gasteiger partial charge in [0.15, 0.2) is 0 Å². The Labute approximate surface area is 103 Å². The fraction of sp³-hybridized carbons (Fsp3) is 0.250. The molecule has 0 atom stereocenters. The first-order valence-electron chi connectivity index (χ1n) is 5.93. The van der Waals surface area contributed by atoms with Gasteiger partial charge in [0, 0.05) is 11.3 Å². The Bertz CT molecular complexity index is 568. The lowest BCUT2D eigenvalue weighted by molar-refractivity contribution is 1.30. The average molecular weight is 225 g/mol. The molecule has 17 heavy (non-hydrogen) atoms. The molecule has 0 heterocycles. The van der Waals surface area contributed by atoms with Gasteiger partial charge in [0.25, 0.3) is 0 Å². The lowest BCUT2D eigenvalue weighted by Crippen LogP contribution is -1.94. The Hall–Kier alpha value is -1.76. The number of nitrogens with two attached hydrogens (primary N) is 1. The third kappa shape index (κ3) is 2.19. The number of nitrogen functional groups attached to an aromatic ring is 1. The summed E-state index contributed by atoms with van der Waals surface area (Å²) in [5.41, 5.74) is 14.5. The van der Waals surface area contributed by atoms with Gasteiger partial charge in [-0.25, -0.2) is 0 Å². The van der Waals surface area contributed by atoms with Crippen molar-refractivity contribution in [2.75, 3.05) is 5.73 Å². The Morgan fingerprint density at radius 1 is 0.706 bits per heavy atom. The van der Waals surface area contributed by atoms with Crippen LogP contribution in [0.25, 0.3) is 11.1 Å². The summed E-state index contributed by atoms with van der Waals surface area (Å²) < 4.78 is 0. The maximum atomic E-state index is 6.08. The van der Waals surface area contributed by atoms with Crippen LogP contribution in [0.1, 0.15) is 22.3 Å². The first kappa shape index (κ1) is 11.7. The van der Waals surface area contributed by atoms with Gasteiger partial charge in [0.2, 0.25) is 0 Å². The van der Waals surface area contributed by atoms with Gasteiger partial charge in [-0.1, -0.05) is 23.8 Å². The predicted octanol–water partition coefficient (Wildman–Crippen LogP) is 4.17. The molecule has 2 aromatic rings. The van der Waals surface area contributed by atoms with Crippen LogP contribution in [0, 0.1) is 27.7 Å². The standard InChI is InChI=1S/C16H19N/c1-10-5-6-16(17)15(7-10)14-9-12(3)11(2)8-13(14)4/h5-9H,17H2,1-4H3. The van der Waals surface area contributed by atoms with Crippen molar-refractivity contribution in [2.45, 2.75) is 27.7 Å². The maximum absolute atomic E-state index is 6.08. The van der Waals surface area contributed by atoms with Crippen molar-refractivity contribution in [3.05, 3.63) is 52.6 Å². The van der Waals surface area contributed by atoms with Crippen molar-refractivity contribution in [3.63, 3.8) is 0 Å². The van der Waals surface area contributed by atoms with E-state index in [0.717, 1.165) is 11.3 Å². The summed E-state index contributed by atoms with van der Waals surface area (Å²) in [6, 6.07) is 10.7. The Morgan fingerprint density at radius 2 is 1.35 bits per heavy atom. The molecule has 0 aliphatic rings. The van der Waals surface area contributed by atoms with Crippen molar-refractivity contribution >= 4 is 5.69 Å². The zero-order valence-corrected chi connectivity index (χ0v) is 11.0. The van der Waals surface area contributed by atoms with Crippen LogP contribution < -0.4 is 5.73 Å². The van der Waals surface area contributed by atoms with Gasteiger partial charge in [-0.15, -0.1) is 0 Å². The van der Waals surface area contributed by atoms with Crippen LogP contribution in [0.5, 0.6) is 0 Å². The number of hydrogen-bond acceptors (Lipinski definition) is 1. The molecule has 0 aromatic heterocycles. The lowest BCUT2D eigenvalue weighted by Gasteiger charge is -2.13. The van der Waals surface area contributed by atoms with Gasteiger partial charge in [-0.3, -0.25) is 0 Å². The van der Waals surface area contributed by atoms with E-state index in [1.807, 2.05) is 6.07 Å². The van der Waals surface area contributed by atoms with E-state index >= 15 is 0 Å². The maximum Gasteiger partial charge on any atom is 0.0394 e. The van der Waals surface area contributed by atoms with Gasteiger partial charge in [0.05, 0.1) is 0 Å². The highest BCUT2D eigenvalue weighted by atomic mass is 14.6. The molecule has 0 amide bonds. The topological polar surface area (TPSA) is 26.0 Å². The highest BCUT2D eigenvalue weighted by Crippen LogP contribution is 2.31. The molecule has 2 N–H and O–H groups in total. The Balaban J connectivity index is 2.68. The molecule has 0 aliphatic heterocycles. The lowest BCUT2D eigenvalue weighted by atomic mass is 9.94. The molecule has 0 saturated heterocycles. The third-order valence-corrected chi connectivity index (χ3v) is 3.34. The number of benzene rings is 2. The van der Waals surface area contributed by atoms with Crippen LogP contribution in [0.3, 0.4) is 0 Å². The molecule has 0 bridgehead atoms. The van der Waals surface area contributed by atoms with Crippen LogP contribution >= 0.6 is 0 Å². The average Bonchev–Trinajstić information content (AvgIpc) is 2.27. The molecular formula is C16H19N. The van der Waals surface area contributed by atoms with Crippen LogP contribution in [0.15, 0.2) is 30.3 Å². The largest absolute Gasteiger partial charge is 0.398 e. The van der Waals surface area contributed by atoms with Crippen LogP contribution in [-0.4, -0.2) is 0 Å². The van der Waals surface area contributed by atoms with E-state index < -0.39 is 0 Å². The number of anilines is 1. The molecule has 0 spiro atoms. The van der Waals surface area contributed by atoms with Gasteiger partial charge < -0.3 is 5.73 Å². The fourth-order valence-corrected chi connectivity index (χ4v) is 2.15. The van der Waals surface area contributed by atoms with E-state index in [0.29, 0.717) is 0 Å². The molecule has 0 radical (unpaired) electrons. The van der Waals surface area contributed by atoms with E-state index in [9.17, 15) is 0 Å². The van der Waals surface area contributed by atoms with E-state index in [2.05, 4.69) is 52.0 Å². The van der Waals surface area contributed by atoms with Crippen LogP contribution in [0.2, 0.25) is 0 Å². The van der Waals surface area contributed by atoms with Crippen LogP contribution in [0.4, 0.5) is 5.69 Å². The zero-order chi connectivity index (χ0) is 12.6. The summed E-state index contributed by atoms with van der Waals surface area (Å²) in [6.45, 7) is 8.53. The first-order valence-corrected chi connectivity index (χ1v) is 5.93. The second-order valence-corrected chi connectivity index (χ2v) is 4.84. The van der Waals surface area contributed by atoms with E-state index in [4.69, 9.17) is 5.73 Å². The number of rotatable bonds is 1. The SMILES string of the molecule is Cc1ccc(N)c(-c2cc(C)c(C)cc2C)c1. The summed E-state index contributed by atoms with van der Waals surface area (Å²) in [5, 5.41) is 0. The van der Waals surface area contributed by atoms with Crippen molar-refractivity contribution in [3.8, 4) is 11.1 Å². The minimum Gasteiger partial charge on any atom is -0.398 e. The zero-order valence-electron chi connectivity index (χ0n) is 11.0.